The second-order valence-corrected chi connectivity index (χ2v) is 8.28. The molecule has 0 spiro atoms. The van der Waals surface area contributed by atoms with Crippen LogP contribution in [0.5, 0.6) is 0 Å². The lowest BCUT2D eigenvalue weighted by Gasteiger charge is -2.36. The van der Waals surface area contributed by atoms with E-state index in [1.807, 2.05) is 42.5 Å². The molecule has 29 heavy (non-hydrogen) atoms. The van der Waals surface area contributed by atoms with Gasteiger partial charge in [0.25, 0.3) is 5.56 Å². The highest BCUT2D eigenvalue weighted by atomic mass is 35.5. The van der Waals surface area contributed by atoms with Crippen LogP contribution in [0.2, 0.25) is 15.1 Å². The monoisotopic (exact) mass is 450 g/mol. The Labute approximate surface area is 184 Å². The maximum absolute atomic E-state index is 12.5. The molecule has 0 atom stereocenters. The summed E-state index contributed by atoms with van der Waals surface area (Å²) < 4.78 is 1.50. The topological polar surface area (TPSA) is 44.3 Å². The predicted octanol–water partition coefficient (Wildman–Crippen LogP) is 4.49. The maximum atomic E-state index is 12.5. The molecule has 2 heterocycles. The molecule has 1 aliphatic heterocycles. The van der Waals surface area contributed by atoms with Gasteiger partial charge in [0.1, 0.15) is 5.02 Å². The maximum Gasteiger partial charge on any atom is 0.290 e. The van der Waals surface area contributed by atoms with E-state index < -0.39 is 0 Å². The van der Waals surface area contributed by atoms with E-state index >= 15 is 0 Å². The lowest BCUT2D eigenvalue weighted by atomic mass is 10.2. The van der Waals surface area contributed by atoms with Gasteiger partial charge < -0.3 is 4.90 Å². The first kappa shape index (κ1) is 20.4. The summed E-state index contributed by atoms with van der Waals surface area (Å²) >= 11 is 18.6. The van der Waals surface area contributed by atoms with Gasteiger partial charge in [0.15, 0.2) is 0 Å². The van der Waals surface area contributed by atoms with Crippen molar-refractivity contribution >= 4 is 40.5 Å². The minimum Gasteiger partial charge on any atom is -0.368 e. The molecule has 5 nitrogen and oxygen atoms in total. The number of para-hydroxylation sites is 1. The molecule has 0 aliphatic carbocycles. The molecule has 0 bridgehead atoms. The standard InChI is InChI=1S/C21H21Cl3N4O/c22-15-6-7-19(17(23)14-15)27-12-10-26(11-13-27)9-8-18-20(24)21(29)28(25-18)16-4-2-1-3-5-16/h1-7,14,25H,8-13H2. The minimum atomic E-state index is -0.213. The van der Waals surface area contributed by atoms with E-state index in [-0.39, 0.29) is 10.6 Å². The van der Waals surface area contributed by atoms with Gasteiger partial charge in [0, 0.05) is 44.2 Å². The number of rotatable bonds is 5. The first-order chi connectivity index (χ1) is 14.0. The van der Waals surface area contributed by atoms with Crippen LogP contribution in [0.25, 0.3) is 5.69 Å². The van der Waals surface area contributed by atoms with Crippen molar-refractivity contribution in [2.45, 2.75) is 6.42 Å². The minimum absolute atomic E-state index is 0.213. The van der Waals surface area contributed by atoms with Crippen LogP contribution in [0, 0.1) is 0 Å². The molecule has 4 rings (SSSR count). The summed E-state index contributed by atoms with van der Waals surface area (Å²) in [6.07, 6.45) is 0.690. The zero-order chi connectivity index (χ0) is 20.4. The number of nitrogens with zero attached hydrogens (tertiary/aromatic N) is 3. The van der Waals surface area contributed by atoms with Crippen LogP contribution in [0.15, 0.2) is 53.3 Å². The van der Waals surface area contributed by atoms with Crippen molar-refractivity contribution in [3.63, 3.8) is 0 Å². The van der Waals surface area contributed by atoms with Crippen molar-refractivity contribution in [3.05, 3.63) is 79.6 Å². The third-order valence-corrected chi connectivity index (χ3v) is 6.15. The Hall–Kier alpha value is -1.92. The first-order valence-electron chi connectivity index (χ1n) is 9.50. The number of aromatic amines is 1. The number of piperazine rings is 1. The van der Waals surface area contributed by atoms with Gasteiger partial charge in [-0.25, -0.2) is 4.68 Å². The number of halogens is 3. The van der Waals surface area contributed by atoms with Crippen LogP contribution < -0.4 is 10.5 Å². The predicted molar refractivity (Wildman–Crippen MR) is 120 cm³/mol. The highest BCUT2D eigenvalue weighted by Gasteiger charge is 2.20. The van der Waals surface area contributed by atoms with Crippen LogP contribution >= 0.6 is 34.8 Å². The molecule has 0 radical (unpaired) electrons. The highest BCUT2D eigenvalue weighted by molar-refractivity contribution is 6.36. The number of benzene rings is 2. The Morgan fingerprint density at radius 3 is 2.34 bits per heavy atom. The van der Waals surface area contributed by atoms with Gasteiger partial charge in [-0.05, 0) is 30.3 Å². The molecule has 1 aliphatic rings. The van der Waals surface area contributed by atoms with Crippen molar-refractivity contribution in [2.75, 3.05) is 37.6 Å². The van der Waals surface area contributed by atoms with Crippen LogP contribution in [-0.2, 0) is 6.42 Å². The molecule has 0 amide bonds. The molecule has 1 saturated heterocycles. The molecule has 8 heteroatoms. The fourth-order valence-electron chi connectivity index (χ4n) is 3.61. The molecular weight excluding hydrogens is 431 g/mol. The van der Waals surface area contributed by atoms with E-state index in [1.54, 1.807) is 6.07 Å². The van der Waals surface area contributed by atoms with Gasteiger partial charge in [-0.3, -0.25) is 14.8 Å². The van der Waals surface area contributed by atoms with Crippen molar-refractivity contribution in [1.29, 1.82) is 0 Å². The van der Waals surface area contributed by atoms with Crippen LogP contribution in [0.4, 0.5) is 5.69 Å². The quantitative estimate of drug-likeness (QED) is 0.621. The molecule has 2 aromatic carbocycles. The summed E-state index contributed by atoms with van der Waals surface area (Å²) in [5.74, 6) is 0. The fourth-order valence-corrected chi connectivity index (χ4v) is 4.36. The molecule has 152 valence electrons. The average molecular weight is 452 g/mol. The Morgan fingerprint density at radius 1 is 0.931 bits per heavy atom. The molecule has 1 fully saturated rings. The Morgan fingerprint density at radius 2 is 1.66 bits per heavy atom. The third kappa shape index (κ3) is 4.48. The Kier molecular flexibility index (Phi) is 6.20. The van der Waals surface area contributed by atoms with Gasteiger partial charge in [0.05, 0.1) is 22.1 Å². The van der Waals surface area contributed by atoms with Crippen LogP contribution in [0.3, 0.4) is 0 Å². The highest BCUT2D eigenvalue weighted by Crippen LogP contribution is 2.29. The summed E-state index contributed by atoms with van der Waals surface area (Å²) in [6.45, 7) is 4.43. The number of hydrogen-bond donors (Lipinski definition) is 1. The normalized spacial score (nSPS) is 15.1. The zero-order valence-electron chi connectivity index (χ0n) is 15.7. The second-order valence-electron chi connectivity index (χ2n) is 7.05. The van der Waals surface area contributed by atoms with Gasteiger partial charge in [-0.15, -0.1) is 0 Å². The van der Waals surface area contributed by atoms with E-state index in [4.69, 9.17) is 34.8 Å². The first-order valence-corrected chi connectivity index (χ1v) is 10.6. The molecule has 0 saturated carbocycles. The number of nitrogens with one attached hydrogen (secondary N) is 1. The van der Waals surface area contributed by atoms with Crippen LogP contribution in [-0.4, -0.2) is 47.4 Å². The van der Waals surface area contributed by atoms with Gasteiger partial charge >= 0.3 is 0 Å². The molecular formula is C21H21Cl3N4O. The number of hydrogen-bond acceptors (Lipinski definition) is 3. The average Bonchev–Trinajstić information content (AvgIpc) is 3.02. The number of anilines is 1. The van der Waals surface area contributed by atoms with Gasteiger partial charge in [-0.1, -0.05) is 53.0 Å². The summed E-state index contributed by atoms with van der Waals surface area (Å²) in [5, 5.41) is 4.74. The van der Waals surface area contributed by atoms with E-state index in [0.717, 1.165) is 49.8 Å². The van der Waals surface area contributed by atoms with E-state index in [2.05, 4.69) is 14.9 Å². The smallest absolute Gasteiger partial charge is 0.290 e. The molecule has 3 aromatic rings. The van der Waals surface area contributed by atoms with E-state index in [1.165, 1.54) is 4.68 Å². The summed E-state index contributed by atoms with van der Waals surface area (Å²) in [7, 11) is 0. The van der Waals surface area contributed by atoms with Gasteiger partial charge in [0.2, 0.25) is 0 Å². The molecule has 1 aromatic heterocycles. The zero-order valence-corrected chi connectivity index (χ0v) is 18.0. The molecule has 0 unspecified atom stereocenters. The van der Waals surface area contributed by atoms with E-state index in [9.17, 15) is 4.79 Å². The Balaban J connectivity index is 1.37. The van der Waals surface area contributed by atoms with Crippen molar-refractivity contribution in [3.8, 4) is 5.69 Å². The summed E-state index contributed by atoms with van der Waals surface area (Å²) in [5.41, 5.74) is 2.35. The lowest BCUT2D eigenvalue weighted by molar-refractivity contribution is 0.260. The summed E-state index contributed by atoms with van der Waals surface area (Å²) in [4.78, 5) is 17.1. The van der Waals surface area contributed by atoms with E-state index in [0.29, 0.717) is 16.5 Å². The van der Waals surface area contributed by atoms with Crippen LogP contribution in [0.1, 0.15) is 5.69 Å². The second kappa shape index (κ2) is 8.84. The Bertz CT molecular complexity index is 1040. The van der Waals surface area contributed by atoms with Crippen molar-refractivity contribution < 1.29 is 0 Å². The van der Waals surface area contributed by atoms with Gasteiger partial charge in [-0.2, -0.15) is 0 Å². The molecule has 1 N–H and O–H groups in total. The van der Waals surface area contributed by atoms with Crippen molar-refractivity contribution in [1.82, 2.24) is 14.7 Å². The largest absolute Gasteiger partial charge is 0.368 e. The summed E-state index contributed by atoms with van der Waals surface area (Å²) in [6, 6.07) is 15.1. The fraction of sp³-hybridized carbons (Fsp3) is 0.286. The SMILES string of the molecule is O=c1c(Cl)c(CCN2CCN(c3ccc(Cl)cc3Cl)CC2)[nH]n1-c1ccccc1. The third-order valence-electron chi connectivity index (χ3n) is 5.22. The lowest BCUT2D eigenvalue weighted by Crippen LogP contribution is -2.47. The number of H-pyrrole nitrogens is 1. The number of aromatic nitrogens is 2. The van der Waals surface area contributed by atoms with Crippen molar-refractivity contribution in [2.24, 2.45) is 0 Å².